The van der Waals surface area contributed by atoms with E-state index in [4.69, 9.17) is 0 Å². The summed E-state index contributed by atoms with van der Waals surface area (Å²) in [5, 5.41) is 5.38. The van der Waals surface area contributed by atoms with Gasteiger partial charge in [-0.25, -0.2) is 0 Å². The Kier molecular flexibility index (Phi) is 9.19. The molecule has 6 nitrogen and oxygen atoms in total. The van der Waals surface area contributed by atoms with Crippen LogP contribution in [0.3, 0.4) is 0 Å². The third kappa shape index (κ3) is 6.35. The molecule has 0 bridgehead atoms. The monoisotopic (exact) mass is 422 g/mol. The van der Waals surface area contributed by atoms with Crippen LogP contribution in [0.1, 0.15) is 27.6 Å². The van der Waals surface area contributed by atoms with Crippen molar-refractivity contribution >= 4 is 24.2 Å². The van der Waals surface area contributed by atoms with Crippen LogP contribution in [0.5, 0.6) is 0 Å². The molecule has 1 aromatic carbocycles. The van der Waals surface area contributed by atoms with Gasteiger partial charge in [-0.3, -0.25) is 14.5 Å². The fraction of sp³-hybridized carbons (Fsp3) is 0.556. The molecule has 28 heavy (non-hydrogen) atoms. The van der Waals surface area contributed by atoms with Gasteiger partial charge in [0.05, 0.1) is 0 Å². The summed E-state index contributed by atoms with van der Waals surface area (Å²) in [5.41, 5.74) is 0.480. The number of carbonyl (C=O) groups excluding carboxylic acids is 2. The molecule has 1 aliphatic rings. The number of rotatable bonds is 6. The minimum atomic E-state index is -4.44. The Balaban J connectivity index is 0.00000392. The molecule has 1 aliphatic heterocycles. The summed E-state index contributed by atoms with van der Waals surface area (Å²) in [6.07, 6.45) is -4.44. The van der Waals surface area contributed by atoms with Crippen molar-refractivity contribution in [3.63, 3.8) is 0 Å². The van der Waals surface area contributed by atoms with Crippen molar-refractivity contribution in [2.45, 2.75) is 19.1 Å². The van der Waals surface area contributed by atoms with Gasteiger partial charge in [0.25, 0.3) is 11.8 Å². The quantitative estimate of drug-likeness (QED) is 0.733. The second kappa shape index (κ2) is 10.6. The normalized spacial score (nSPS) is 16.0. The molecule has 1 fully saturated rings. The number of nitrogens with one attached hydrogen (secondary N) is 2. The molecule has 2 amide bonds. The van der Waals surface area contributed by atoms with Crippen LogP contribution in [0.4, 0.5) is 13.2 Å². The number of hydrogen-bond acceptors (Lipinski definition) is 4. The second-order valence-corrected chi connectivity index (χ2v) is 6.45. The Labute approximate surface area is 168 Å². The van der Waals surface area contributed by atoms with E-state index in [9.17, 15) is 22.8 Å². The number of piperazine rings is 1. The smallest absolute Gasteiger partial charge is 0.350 e. The first-order chi connectivity index (χ1) is 12.7. The average Bonchev–Trinajstić information content (AvgIpc) is 2.66. The summed E-state index contributed by atoms with van der Waals surface area (Å²) in [4.78, 5) is 27.3. The molecule has 158 valence electrons. The van der Waals surface area contributed by atoms with E-state index in [0.29, 0.717) is 25.2 Å². The zero-order valence-electron chi connectivity index (χ0n) is 15.9. The summed E-state index contributed by atoms with van der Waals surface area (Å²) in [5.74, 6) is -0.880. The van der Waals surface area contributed by atoms with Crippen LogP contribution in [0.15, 0.2) is 24.3 Å². The molecule has 1 atom stereocenters. The van der Waals surface area contributed by atoms with Crippen LogP contribution < -0.4 is 10.6 Å². The fourth-order valence-corrected chi connectivity index (χ4v) is 2.89. The maximum Gasteiger partial charge on any atom is 0.405 e. The van der Waals surface area contributed by atoms with Crippen molar-refractivity contribution in [1.82, 2.24) is 20.4 Å². The highest BCUT2D eigenvalue weighted by Crippen LogP contribution is 2.25. The third-order valence-corrected chi connectivity index (χ3v) is 4.62. The number of alkyl halides is 3. The minimum Gasteiger partial charge on any atom is -0.350 e. The number of hydrogen-bond donors (Lipinski definition) is 2. The third-order valence-electron chi connectivity index (χ3n) is 4.62. The van der Waals surface area contributed by atoms with E-state index in [-0.39, 0.29) is 37.0 Å². The van der Waals surface area contributed by atoms with E-state index in [2.05, 4.69) is 10.6 Å². The summed E-state index contributed by atoms with van der Waals surface area (Å²) in [6, 6.07) is 4.26. The molecule has 0 aromatic heterocycles. The van der Waals surface area contributed by atoms with Crippen molar-refractivity contribution in [2.24, 2.45) is 0 Å². The first kappa shape index (κ1) is 24.2. The van der Waals surface area contributed by atoms with Crippen LogP contribution in [0.2, 0.25) is 0 Å². The predicted octanol–water partition coefficient (Wildman–Crippen LogP) is 1.77. The SMILES string of the molecule is CCN(C)C(=O)c1cccc(C(=O)NCC(N2CCNCC2)C(F)(F)F)c1.Cl. The van der Waals surface area contributed by atoms with Gasteiger partial charge in [0, 0.05) is 57.4 Å². The summed E-state index contributed by atoms with van der Waals surface area (Å²) in [7, 11) is 1.64. The fourth-order valence-electron chi connectivity index (χ4n) is 2.89. The van der Waals surface area contributed by atoms with Crippen molar-refractivity contribution in [3.8, 4) is 0 Å². The molecule has 1 saturated heterocycles. The lowest BCUT2D eigenvalue weighted by atomic mass is 10.1. The van der Waals surface area contributed by atoms with Crippen LogP contribution in [-0.4, -0.2) is 80.1 Å². The lowest BCUT2D eigenvalue weighted by Crippen LogP contribution is -2.57. The summed E-state index contributed by atoms with van der Waals surface area (Å²) in [6.45, 7) is 3.30. The van der Waals surface area contributed by atoms with Crippen LogP contribution in [-0.2, 0) is 0 Å². The number of halogens is 4. The molecule has 1 heterocycles. The van der Waals surface area contributed by atoms with E-state index in [1.807, 2.05) is 6.92 Å². The zero-order valence-corrected chi connectivity index (χ0v) is 16.7. The van der Waals surface area contributed by atoms with Gasteiger partial charge in [0.1, 0.15) is 6.04 Å². The van der Waals surface area contributed by atoms with E-state index in [1.54, 1.807) is 19.2 Å². The average molecular weight is 423 g/mol. The number of nitrogens with zero attached hydrogens (tertiary/aromatic N) is 2. The van der Waals surface area contributed by atoms with Gasteiger partial charge in [0.15, 0.2) is 0 Å². The van der Waals surface area contributed by atoms with Gasteiger partial charge in [0.2, 0.25) is 0 Å². The van der Waals surface area contributed by atoms with Gasteiger partial charge in [-0.15, -0.1) is 12.4 Å². The first-order valence-corrected chi connectivity index (χ1v) is 8.89. The summed E-state index contributed by atoms with van der Waals surface area (Å²) < 4.78 is 40.2. The van der Waals surface area contributed by atoms with Crippen LogP contribution in [0.25, 0.3) is 0 Å². The van der Waals surface area contributed by atoms with Gasteiger partial charge < -0.3 is 15.5 Å². The molecule has 2 rings (SSSR count). The molecule has 0 radical (unpaired) electrons. The van der Waals surface area contributed by atoms with Crippen molar-refractivity contribution < 1.29 is 22.8 Å². The van der Waals surface area contributed by atoms with Gasteiger partial charge >= 0.3 is 6.18 Å². The molecule has 0 spiro atoms. The van der Waals surface area contributed by atoms with Crippen molar-refractivity contribution in [2.75, 3.05) is 46.3 Å². The largest absolute Gasteiger partial charge is 0.405 e. The van der Waals surface area contributed by atoms with E-state index in [1.165, 1.54) is 21.9 Å². The highest BCUT2D eigenvalue weighted by atomic mass is 35.5. The van der Waals surface area contributed by atoms with E-state index >= 15 is 0 Å². The first-order valence-electron chi connectivity index (χ1n) is 8.89. The number of carbonyl (C=O) groups is 2. The molecule has 0 aliphatic carbocycles. The lowest BCUT2D eigenvalue weighted by molar-refractivity contribution is -0.183. The predicted molar refractivity (Wildman–Crippen MR) is 103 cm³/mol. The van der Waals surface area contributed by atoms with E-state index < -0.39 is 24.7 Å². The standard InChI is InChI=1S/C18H25F3N4O2.ClH/c1-3-24(2)17(27)14-6-4-5-13(11-14)16(26)23-12-15(18(19,20)21)25-9-7-22-8-10-25;/h4-6,11,15,22H,3,7-10,12H2,1-2H3,(H,23,26);1H. The maximum atomic E-state index is 13.4. The highest BCUT2D eigenvalue weighted by molar-refractivity contribution is 5.99. The topological polar surface area (TPSA) is 64.7 Å². The maximum absolute atomic E-state index is 13.4. The molecule has 10 heteroatoms. The highest BCUT2D eigenvalue weighted by Gasteiger charge is 2.43. The molecular weight excluding hydrogens is 397 g/mol. The Morgan fingerprint density at radius 3 is 2.43 bits per heavy atom. The minimum absolute atomic E-state index is 0. The molecule has 2 N–H and O–H groups in total. The number of amides is 2. The zero-order chi connectivity index (χ0) is 20.0. The van der Waals surface area contributed by atoms with E-state index in [0.717, 1.165) is 0 Å². The van der Waals surface area contributed by atoms with Crippen LogP contribution in [0, 0.1) is 0 Å². The molecular formula is C18H26ClF3N4O2. The second-order valence-electron chi connectivity index (χ2n) is 6.45. The van der Waals surface area contributed by atoms with Gasteiger partial charge in [-0.1, -0.05) is 6.07 Å². The number of benzene rings is 1. The van der Waals surface area contributed by atoms with Crippen molar-refractivity contribution in [3.05, 3.63) is 35.4 Å². The Bertz CT molecular complexity index is 666. The summed E-state index contributed by atoms with van der Waals surface area (Å²) >= 11 is 0. The van der Waals surface area contributed by atoms with Gasteiger partial charge in [-0.2, -0.15) is 13.2 Å². The van der Waals surface area contributed by atoms with Crippen molar-refractivity contribution in [1.29, 1.82) is 0 Å². The van der Waals surface area contributed by atoms with Crippen LogP contribution >= 0.6 is 12.4 Å². The molecule has 1 aromatic rings. The lowest BCUT2D eigenvalue weighted by Gasteiger charge is -2.35. The van der Waals surface area contributed by atoms with Gasteiger partial charge in [-0.05, 0) is 25.1 Å². The Hall–Kier alpha value is -1.84. The Morgan fingerprint density at radius 1 is 1.25 bits per heavy atom. The molecule has 0 saturated carbocycles. The molecule has 1 unspecified atom stereocenters. The Morgan fingerprint density at radius 2 is 1.86 bits per heavy atom.